The topological polar surface area (TPSA) is 90.2 Å². The average Bonchev–Trinajstić information content (AvgIpc) is 2.02. The van der Waals surface area contributed by atoms with Gasteiger partial charge in [-0.15, -0.1) is 0 Å². The van der Waals surface area contributed by atoms with Crippen molar-refractivity contribution in [2.24, 2.45) is 0 Å². The molecule has 0 aliphatic carbocycles. The van der Waals surface area contributed by atoms with E-state index in [-0.39, 0.29) is 6.61 Å². The molecule has 6 heteroatoms. The fourth-order valence-electron chi connectivity index (χ4n) is 0.676. The number of hydrogen-bond donors (Lipinski definition) is 4. The Morgan fingerprint density at radius 2 is 1.67 bits per heavy atom. The van der Waals surface area contributed by atoms with Crippen LogP contribution in [0.4, 0.5) is 0 Å². The van der Waals surface area contributed by atoms with Gasteiger partial charge in [0.2, 0.25) is 0 Å². The molecule has 0 bridgehead atoms. The zero-order valence-corrected chi connectivity index (χ0v) is 7.35. The first kappa shape index (κ1) is 12.1. The first-order valence-electron chi connectivity index (χ1n) is 3.46. The van der Waals surface area contributed by atoms with Gasteiger partial charge < -0.3 is 20.4 Å². The minimum atomic E-state index is -1.47. The van der Waals surface area contributed by atoms with E-state index >= 15 is 0 Å². The highest BCUT2D eigenvalue weighted by Gasteiger charge is 2.27. The highest BCUT2D eigenvalue weighted by Crippen LogP contribution is 2.05. The Balaban J connectivity index is 3.90. The van der Waals surface area contributed by atoms with E-state index in [1.165, 1.54) is 6.92 Å². The van der Waals surface area contributed by atoms with Gasteiger partial charge in [0.25, 0.3) is 0 Å². The molecule has 0 radical (unpaired) electrons. The summed E-state index contributed by atoms with van der Waals surface area (Å²) in [5, 5.41) is 35.9. The Hall–Kier alpha value is 0.0900. The Labute approximate surface area is 75.3 Å². The number of hydrogen-bond acceptors (Lipinski definition) is 5. The summed E-state index contributed by atoms with van der Waals surface area (Å²) in [6, 6.07) is 0. The van der Waals surface area contributed by atoms with Crippen molar-refractivity contribution in [3.05, 3.63) is 0 Å². The summed E-state index contributed by atoms with van der Waals surface area (Å²) < 4.78 is 4.02. The predicted molar refractivity (Wildman–Crippen MR) is 41.5 cm³/mol. The van der Waals surface area contributed by atoms with E-state index in [1.54, 1.807) is 0 Å². The lowest BCUT2D eigenvalue weighted by molar-refractivity contribution is -0.108. The highest BCUT2D eigenvalue weighted by atomic mass is 35.5. The first-order valence-corrected chi connectivity index (χ1v) is 3.77. The Bertz CT molecular complexity index is 121. The lowest BCUT2D eigenvalue weighted by atomic mass is 10.1. The minimum absolute atomic E-state index is 0.313. The van der Waals surface area contributed by atoms with Gasteiger partial charge in [-0.1, -0.05) is 0 Å². The third-order valence-corrected chi connectivity index (χ3v) is 1.60. The molecule has 12 heavy (non-hydrogen) atoms. The van der Waals surface area contributed by atoms with Gasteiger partial charge >= 0.3 is 0 Å². The molecule has 0 amide bonds. The highest BCUT2D eigenvalue weighted by molar-refractivity contribution is 6.07. The van der Waals surface area contributed by atoms with Crippen LogP contribution in [0.2, 0.25) is 0 Å². The average molecular weight is 201 g/mol. The summed E-state index contributed by atoms with van der Waals surface area (Å²) >= 11 is 4.81. The molecule has 0 saturated heterocycles. The van der Waals surface area contributed by atoms with Crippen molar-refractivity contribution in [3.63, 3.8) is 0 Å². The fraction of sp³-hybridized carbons (Fsp3) is 1.00. The van der Waals surface area contributed by atoms with Crippen molar-refractivity contribution >= 4 is 11.9 Å². The second-order valence-corrected chi connectivity index (χ2v) is 2.78. The molecule has 0 aromatic heterocycles. The second-order valence-electron chi connectivity index (χ2n) is 2.56. The van der Waals surface area contributed by atoms with Crippen molar-refractivity contribution in [1.82, 2.24) is 0 Å². The zero-order chi connectivity index (χ0) is 9.72. The third kappa shape index (κ3) is 3.66. The molecule has 5 nitrogen and oxygen atoms in total. The smallest absolute Gasteiger partial charge is 0.111 e. The van der Waals surface area contributed by atoms with Crippen LogP contribution in [0.15, 0.2) is 0 Å². The Morgan fingerprint density at radius 1 is 1.17 bits per heavy atom. The van der Waals surface area contributed by atoms with Crippen molar-refractivity contribution < 1.29 is 24.7 Å². The molecule has 0 heterocycles. The summed E-state index contributed by atoms with van der Waals surface area (Å²) in [5.74, 6) is 0. The zero-order valence-electron chi connectivity index (χ0n) is 6.59. The summed E-state index contributed by atoms with van der Waals surface area (Å²) in [5.41, 5.74) is 0. The predicted octanol–water partition coefficient (Wildman–Crippen LogP) is -1.38. The summed E-state index contributed by atoms with van der Waals surface area (Å²) in [6.07, 6.45) is -5.31. The van der Waals surface area contributed by atoms with E-state index in [1.807, 2.05) is 0 Å². The van der Waals surface area contributed by atoms with Gasteiger partial charge in [0.15, 0.2) is 0 Å². The van der Waals surface area contributed by atoms with Crippen LogP contribution in [0.3, 0.4) is 0 Å². The van der Waals surface area contributed by atoms with E-state index in [0.717, 1.165) is 0 Å². The lowest BCUT2D eigenvalue weighted by Gasteiger charge is -2.23. The quantitative estimate of drug-likeness (QED) is 0.439. The molecular formula is C6H13ClO5. The van der Waals surface area contributed by atoms with Crippen molar-refractivity contribution in [3.8, 4) is 0 Å². The molecule has 0 aliphatic rings. The molecule has 0 aromatic rings. The van der Waals surface area contributed by atoms with Gasteiger partial charge in [-0.25, -0.2) is 0 Å². The van der Waals surface area contributed by atoms with Gasteiger partial charge in [0.1, 0.15) is 18.3 Å². The van der Waals surface area contributed by atoms with Crippen LogP contribution in [0.5, 0.6) is 0 Å². The fourth-order valence-corrected chi connectivity index (χ4v) is 0.805. The van der Waals surface area contributed by atoms with Crippen molar-refractivity contribution in [1.29, 1.82) is 0 Å². The van der Waals surface area contributed by atoms with Crippen LogP contribution in [0.25, 0.3) is 0 Å². The number of halogens is 1. The van der Waals surface area contributed by atoms with Crippen LogP contribution < -0.4 is 0 Å². The molecule has 0 unspecified atom stereocenters. The molecule has 4 N–H and O–H groups in total. The Kier molecular flexibility index (Phi) is 5.73. The Morgan fingerprint density at radius 3 is 2.00 bits per heavy atom. The number of aliphatic hydroxyl groups is 4. The summed E-state index contributed by atoms with van der Waals surface area (Å²) in [6.45, 7) is 0.981. The normalized spacial score (nSPS) is 21.5. The van der Waals surface area contributed by atoms with Gasteiger partial charge in [0.05, 0.1) is 24.6 Å². The summed E-state index contributed by atoms with van der Waals surface area (Å²) in [7, 11) is 0. The first-order chi connectivity index (χ1) is 5.50. The molecule has 0 aromatic carbocycles. The summed E-state index contributed by atoms with van der Waals surface area (Å²) in [4.78, 5) is 0. The van der Waals surface area contributed by atoms with Crippen LogP contribution in [0.1, 0.15) is 6.92 Å². The SMILES string of the molecule is C[C@H](O)[C@@H](O)[C@H](O)[C@H](O)COCl. The molecule has 0 aliphatic heterocycles. The van der Waals surface area contributed by atoms with Gasteiger partial charge in [-0.3, -0.25) is 4.29 Å². The van der Waals surface area contributed by atoms with Crippen LogP contribution in [-0.2, 0) is 4.29 Å². The van der Waals surface area contributed by atoms with E-state index in [2.05, 4.69) is 4.29 Å². The maximum absolute atomic E-state index is 9.09. The maximum Gasteiger partial charge on any atom is 0.111 e. The maximum atomic E-state index is 9.09. The van der Waals surface area contributed by atoms with Crippen LogP contribution in [0, 0.1) is 0 Å². The molecular weight excluding hydrogens is 188 g/mol. The van der Waals surface area contributed by atoms with Gasteiger partial charge in [-0.05, 0) is 6.92 Å². The van der Waals surface area contributed by atoms with Crippen molar-refractivity contribution in [2.45, 2.75) is 31.3 Å². The number of aliphatic hydroxyl groups excluding tert-OH is 4. The molecule has 0 fully saturated rings. The van der Waals surface area contributed by atoms with E-state index < -0.39 is 24.4 Å². The van der Waals surface area contributed by atoms with Crippen LogP contribution >= 0.6 is 11.9 Å². The van der Waals surface area contributed by atoms with Crippen LogP contribution in [-0.4, -0.2) is 51.4 Å². The van der Waals surface area contributed by atoms with E-state index in [0.29, 0.717) is 0 Å². The standard InChI is InChI=1S/C6H13ClO5/c1-3(8)5(10)6(11)4(9)2-12-7/h3-6,8-11H,2H2,1H3/t3-,4+,5+,6+/m0/s1. The monoisotopic (exact) mass is 200 g/mol. The van der Waals surface area contributed by atoms with E-state index in [9.17, 15) is 0 Å². The van der Waals surface area contributed by atoms with Gasteiger partial charge in [-0.2, -0.15) is 0 Å². The molecule has 74 valence electrons. The minimum Gasteiger partial charge on any atom is -0.391 e. The number of rotatable bonds is 5. The second kappa shape index (κ2) is 5.69. The van der Waals surface area contributed by atoms with E-state index in [4.69, 9.17) is 32.3 Å². The van der Waals surface area contributed by atoms with Crippen molar-refractivity contribution in [2.75, 3.05) is 6.61 Å². The molecule has 0 spiro atoms. The third-order valence-electron chi connectivity index (χ3n) is 1.47. The molecule has 0 rings (SSSR count). The lowest BCUT2D eigenvalue weighted by Crippen LogP contribution is -2.44. The molecule has 0 saturated carbocycles. The molecule has 4 atom stereocenters. The largest absolute Gasteiger partial charge is 0.391 e. The van der Waals surface area contributed by atoms with Gasteiger partial charge in [0, 0.05) is 0 Å².